The number of carbonyl (C=O) groups is 4. The van der Waals surface area contributed by atoms with Crippen LogP contribution in [-0.4, -0.2) is 73.6 Å². The van der Waals surface area contributed by atoms with E-state index in [1.807, 2.05) is 0 Å². The molecule has 4 heterocycles. The first-order valence-electron chi connectivity index (χ1n) is 9.55. The Kier molecular flexibility index (Phi) is 6.95. The van der Waals surface area contributed by atoms with Crippen LogP contribution in [0.15, 0.2) is 44.6 Å². The molecule has 2 amide bonds. The molecule has 0 saturated carbocycles. The van der Waals surface area contributed by atoms with Gasteiger partial charge in [-0.15, -0.1) is 23.1 Å². The standard InChI is InChI=1S/C19H17N5O7S3/c1-30-23-11(9-7-34-19(20)21-9)14(25)22-12-15(26)24-13(17(27)28)8(5-32-16(12)24)6-33-18(29)10-3-2-4-31-10/h2-4,7,12,16H,5-6H2,1H3,(H2,20,21)(H,22,25)(H,27,28)/b23-11-/t12-,16+/m1/s1. The number of furan rings is 1. The molecule has 0 unspecified atom stereocenters. The Bertz CT molecular complexity index is 1210. The van der Waals surface area contributed by atoms with Gasteiger partial charge >= 0.3 is 5.97 Å². The number of hydrogen-bond donors (Lipinski definition) is 3. The second kappa shape index (κ2) is 9.90. The molecule has 2 aliphatic heterocycles. The number of oxime groups is 1. The van der Waals surface area contributed by atoms with Crippen molar-refractivity contribution in [2.75, 3.05) is 24.3 Å². The number of anilines is 1. The van der Waals surface area contributed by atoms with E-state index in [-0.39, 0.29) is 44.6 Å². The zero-order valence-electron chi connectivity index (χ0n) is 17.4. The molecule has 178 valence electrons. The van der Waals surface area contributed by atoms with Crippen LogP contribution in [0.1, 0.15) is 16.2 Å². The third kappa shape index (κ3) is 4.53. The number of carboxylic acids is 1. The number of nitrogens with one attached hydrogen (secondary N) is 1. The van der Waals surface area contributed by atoms with Crippen LogP contribution in [0.3, 0.4) is 0 Å². The van der Waals surface area contributed by atoms with Crippen LogP contribution in [0.2, 0.25) is 0 Å². The number of amides is 2. The fourth-order valence-electron chi connectivity index (χ4n) is 3.31. The SMILES string of the molecule is CO/N=C(\C(=O)N[C@@H]1C(=O)N2C(C(=O)O)=C(CSC(=O)c3ccco3)CS[C@@H]12)c1csc(N)n1. The summed E-state index contributed by atoms with van der Waals surface area (Å²) in [5.74, 6) is -2.08. The van der Waals surface area contributed by atoms with Gasteiger partial charge in [0.25, 0.3) is 16.9 Å². The smallest absolute Gasteiger partial charge is 0.352 e. The molecule has 2 aromatic heterocycles. The highest BCUT2D eigenvalue weighted by molar-refractivity contribution is 8.14. The molecule has 0 aromatic carbocycles. The van der Waals surface area contributed by atoms with Gasteiger partial charge in [-0.2, -0.15) is 0 Å². The molecule has 4 rings (SSSR count). The summed E-state index contributed by atoms with van der Waals surface area (Å²) >= 11 is 3.29. The summed E-state index contributed by atoms with van der Waals surface area (Å²) in [4.78, 5) is 59.6. The molecule has 2 aliphatic rings. The number of rotatable bonds is 8. The van der Waals surface area contributed by atoms with Crippen molar-refractivity contribution in [2.24, 2.45) is 5.16 Å². The molecule has 0 bridgehead atoms. The zero-order valence-corrected chi connectivity index (χ0v) is 19.9. The number of hydrogen-bond acceptors (Lipinski definition) is 12. The number of β-lactam (4-membered cyclic amide) rings is 1. The number of carbonyl (C=O) groups excluding carboxylic acids is 3. The largest absolute Gasteiger partial charge is 0.477 e. The zero-order chi connectivity index (χ0) is 24.4. The Labute approximate surface area is 204 Å². The Morgan fingerprint density at radius 1 is 1.47 bits per heavy atom. The molecule has 4 N–H and O–H groups in total. The van der Waals surface area contributed by atoms with Gasteiger partial charge in [0.05, 0.1) is 6.26 Å². The highest BCUT2D eigenvalue weighted by Gasteiger charge is 2.54. The maximum atomic E-state index is 12.8. The summed E-state index contributed by atoms with van der Waals surface area (Å²) in [5, 5.41) is 16.8. The van der Waals surface area contributed by atoms with E-state index in [4.69, 9.17) is 15.0 Å². The third-order valence-electron chi connectivity index (χ3n) is 4.80. The molecule has 2 aromatic rings. The average Bonchev–Trinajstić information content (AvgIpc) is 3.50. The normalized spacial score (nSPS) is 20.0. The monoisotopic (exact) mass is 523 g/mol. The van der Waals surface area contributed by atoms with Gasteiger partial charge in [-0.25, -0.2) is 9.78 Å². The van der Waals surface area contributed by atoms with E-state index in [0.717, 1.165) is 28.0 Å². The molecule has 1 fully saturated rings. The number of fused-ring (bicyclic) bond motifs is 1. The molecular formula is C19H17N5O7S3. The molecule has 0 aliphatic carbocycles. The summed E-state index contributed by atoms with van der Waals surface area (Å²) in [6.45, 7) is 0. The maximum Gasteiger partial charge on any atom is 0.352 e. The predicted molar refractivity (Wildman–Crippen MR) is 125 cm³/mol. The van der Waals surface area contributed by atoms with Crippen molar-refractivity contribution in [2.45, 2.75) is 11.4 Å². The van der Waals surface area contributed by atoms with Gasteiger partial charge in [-0.05, 0) is 17.7 Å². The molecule has 0 spiro atoms. The van der Waals surface area contributed by atoms with Gasteiger partial charge in [0.2, 0.25) is 0 Å². The van der Waals surface area contributed by atoms with E-state index in [1.54, 1.807) is 6.07 Å². The summed E-state index contributed by atoms with van der Waals surface area (Å²) in [6, 6.07) is 2.13. The van der Waals surface area contributed by atoms with Crippen molar-refractivity contribution >= 4 is 68.6 Å². The van der Waals surface area contributed by atoms with Crippen LogP contribution >= 0.6 is 34.9 Å². The number of thiazole rings is 1. The highest BCUT2D eigenvalue weighted by Crippen LogP contribution is 2.41. The van der Waals surface area contributed by atoms with Crippen molar-refractivity contribution in [1.82, 2.24) is 15.2 Å². The fraction of sp³-hybridized carbons (Fsp3) is 0.263. The summed E-state index contributed by atoms with van der Waals surface area (Å²) in [6.07, 6.45) is 1.37. The van der Waals surface area contributed by atoms with Crippen LogP contribution in [-0.2, 0) is 19.2 Å². The Morgan fingerprint density at radius 3 is 2.88 bits per heavy atom. The Morgan fingerprint density at radius 2 is 2.26 bits per heavy atom. The molecule has 2 atom stereocenters. The van der Waals surface area contributed by atoms with Crippen LogP contribution in [0.5, 0.6) is 0 Å². The Hall–Kier alpha value is -3.30. The number of nitrogen functional groups attached to an aromatic ring is 1. The molecule has 0 radical (unpaired) electrons. The van der Waals surface area contributed by atoms with Crippen molar-refractivity contribution in [1.29, 1.82) is 0 Å². The van der Waals surface area contributed by atoms with Crippen LogP contribution < -0.4 is 11.1 Å². The Balaban J connectivity index is 1.47. The lowest BCUT2D eigenvalue weighted by atomic mass is 10.0. The maximum absolute atomic E-state index is 12.8. The highest BCUT2D eigenvalue weighted by atomic mass is 32.2. The van der Waals surface area contributed by atoms with Crippen molar-refractivity contribution in [3.05, 3.63) is 46.5 Å². The lowest BCUT2D eigenvalue weighted by Crippen LogP contribution is -2.71. The van der Waals surface area contributed by atoms with Gasteiger partial charge in [-0.1, -0.05) is 16.9 Å². The summed E-state index contributed by atoms with van der Waals surface area (Å²) < 4.78 is 5.05. The fourth-order valence-corrected chi connectivity index (χ4v) is 6.14. The number of nitrogens with zero attached hydrogens (tertiary/aromatic N) is 3. The van der Waals surface area contributed by atoms with E-state index in [1.165, 1.54) is 36.6 Å². The van der Waals surface area contributed by atoms with Gasteiger partial charge in [0.15, 0.2) is 16.6 Å². The van der Waals surface area contributed by atoms with E-state index < -0.39 is 29.2 Å². The number of nitrogens with two attached hydrogens (primary N) is 1. The lowest BCUT2D eigenvalue weighted by molar-refractivity contribution is -0.150. The van der Waals surface area contributed by atoms with Gasteiger partial charge < -0.3 is 25.4 Å². The average molecular weight is 524 g/mol. The van der Waals surface area contributed by atoms with Gasteiger partial charge in [0.1, 0.15) is 29.9 Å². The van der Waals surface area contributed by atoms with E-state index >= 15 is 0 Å². The third-order valence-corrected chi connectivity index (χ3v) is 7.77. The lowest BCUT2D eigenvalue weighted by Gasteiger charge is -2.49. The molecular weight excluding hydrogens is 506 g/mol. The van der Waals surface area contributed by atoms with Crippen molar-refractivity contribution in [3.63, 3.8) is 0 Å². The van der Waals surface area contributed by atoms with Crippen molar-refractivity contribution < 1.29 is 33.5 Å². The molecule has 15 heteroatoms. The van der Waals surface area contributed by atoms with Crippen LogP contribution in [0, 0.1) is 0 Å². The number of aromatic nitrogens is 1. The van der Waals surface area contributed by atoms with Gasteiger partial charge in [-0.3, -0.25) is 19.3 Å². The van der Waals surface area contributed by atoms with Crippen LogP contribution in [0.4, 0.5) is 5.13 Å². The minimum absolute atomic E-state index is 0.0809. The quantitative estimate of drug-likeness (QED) is 0.255. The molecule has 1 saturated heterocycles. The summed E-state index contributed by atoms with van der Waals surface area (Å²) in [5.41, 5.74) is 5.89. The van der Waals surface area contributed by atoms with E-state index in [9.17, 15) is 24.3 Å². The first-order valence-corrected chi connectivity index (χ1v) is 12.5. The van der Waals surface area contributed by atoms with E-state index in [2.05, 4.69) is 15.5 Å². The first kappa shape index (κ1) is 23.8. The molecule has 34 heavy (non-hydrogen) atoms. The summed E-state index contributed by atoms with van der Waals surface area (Å²) in [7, 11) is 1.26. The molecule has 12 nitrogen and oxygen atoms in total. The number of thioether (sulfide) groups is 2. The van der Waals surface area contributed by atoms with Crippen molar-refractivity contribution in [3.8, 4) is 0 Å². The topological polar surface area (TPSA) is 177 Å². The minimum Gasteiger partial charge on any atom is -0.477 e. The second-order valence-electron chi connectivity index (χ2n) is 6.87. The first-order chi connectivity index (χ1) is 16.3. The minimum atomic E-state index is -1.29. The van der Waals surface area contributed by atoms with Gasteiger partial charge in [0, 0.05) is 16.9 Å². The number of aliphatic carboxylic acids is 1. The second-order valence-corrected chi connectivity index (χ2v) is 9.81. The predicted octanol–water partition coefficient (Wildman–Crippen LogP) is 0.981. The number of carboxylic acid groups (broad SMARTS) is 1. The van der Waals surface area contributed by atoms with E-state index in [0.29, 0.717) is 5.57 Å². The van der Waals surface area contributed by atoms with Crippen LogP contribution in [0.25, 0.3) is 0 Å².